The predicted octanol–water partition coefficient (Wildman–Crippen LogP) is 3.54. The Morgan fingerprint density at radius 2 is 1.93 bits per heavy atom. The fraction of sp³-hybridized carbons (Fsp3) is 0.417. The Bertz CT molecular complexity index is 385. The lowest BCUT2D eigenvalue weighted by molar-refractivity contribution is -0.137. The first-order valence-electron chi connectivity index (χ1n) is 4.90. The maximum absolute atomic E-state index is 10.6. The summed E-state index contributed by atoms with van der Waals surface area (Å²) in [4.78, 5) is 10.6. The molecule has 0 amide bonds. The average molecular weight is 227 g/mol. The van der Waals surface area contributed by atoms with Gasteiger partial charge >= 0.3 is 5.97 Å². The molecule has 1 unspecified atom stereocenters. The quantitative estimate of drug-likeness (QED) is 0.856. The SMILES string of the molecule is Cc1cc(Cl)c(C(C)CC(=O)O)cc1C. The van der Waals surface area contributed by atoms with Crippen molar-refractivity contribution in [3.05, 3.63) is 33.8 Å². The van der Waals surface area contributed by atoms with Crippen molar-refractivity contribution in [3.63, 3.8) is 0 Å². The number of hydrogen-bond acceptors (Lipinski definition) is 1. The van der Waals surface area contributed by atoms with E-state index < -0.39 is 5.97 Å². The molecular weight excluding hydrogens is 212 g/mol. The van der Waals surface area contributed by atoms with Crippen LogP contribution in [0.2, 0.25) is 5.02 Å². The highest BCUT2D eigenvalue weighted by Crippen LogP contribution is 2.29. The van der Waals surface area contributed by atoms with Gasteiger partial charge in [0.1, 0.15) is 0 Å². The zero-order valence-corrected chi connectivity index (χ0v) is 9.93. The molecule has 0 spiro atoms. The van der Waals surface area contributed by atoms with Crippen LogP contribution in [0, 0.1) is 13.8 Å². The minimum Gasteiger partial charge on any atom is -0.481 e. The summed E-state index contributed by atoms with van der Waals surface area (Å²) in [5.41, 5.74) is 3.19. The monoisotopic (exact) mass is 226 g/mol. The van der Waals surface area contributed by atoms with Crippen LogP contribution < -0.4 is 0 Å². The number of carbonyl (C=O) groups is 1. The van der Waals surface area contributed by atoms with Gasteiger partial charge in [-0.05, 0) is 42.5 Å². The maximum Gasteiger partial charge on any atom is 0.303 e. The summed E-state index contributed by atoms with van der Waals surface area (Å²) >= 11 is 6.09. The first kappa shape index (κ1) is 12.1. The lowest BCUT2D eigenvalue weighted by atomic mass is 9.94. The van der Waals surface area contributed by atoms with E-state index in [2.05, 4.69) is 0 Å². The Balaban J connectivity index is 3.03. The largest absolute Gasteiger partial charge is 0.481 e. The molecular formula is C12H15ClO2. The number of aryl methyl sites for hydroxylation is 2. The minimum absolute atomic E-state index is 0.0469. The molecule has 1 aromatic carbocycles. The average Bonchev–Trinajstić information content (AvgIpc) is 2.09. The van der Waals surface area contributed by atoms with Gasteiger partial charge in [0.25, 0.3) is 0 Å². The van der Waals surface area contributed by atoms with E-state index >= 15 is 0 Å². The number of rotatable bonds is 3. The number of carboxylic acid groups (broad SMARTS) is 1. The summed E-state index contributed by atoms with van der Waals surface area (Å²) in [6, 6.07) is 3.87. The molecule has 0 heterocycles. The molecule has 2 nitrogen and oxygen atoms in total. The van der Waals surface area contributed by atoms with Gasteiger partial charge in [-0.25, -0.2) is 0 Å². The van der Waals surface area contributed by atoms with Crippen LogP contribution in [0.4, 0.5) is 0 Å². The molecule has 15 heavy (non-hydrogen) atoms. The lowest BCUT2D eigenvalue weighted by Crippen LogP contribution is -2.04. The van der Waals surface area contributed by atoms with Crippen molar-refractivity contribution in [1.29, 1.82) is 0 Å². The molecule has 82 valence electrons. The summed E-state index contributed by atoms with van der Waals surface area (Å²) in [6.45, 7) is 5.87. The fourth-order valence-electron chi connectivity index (χ4n) is 1.55. The van der Waals surface area contributed by atoms with Gasteiger partial charge in [0.2, 0.25) is 0 Å². The summed E-state index contributed by atoms with van der Waals surface area (Å²) in [6.07, 6.45) is 0.113. The van der Waals surface area contributed by atoms with Crippen LogP contribution in [-0.2, 0) is 4.79 Å². The first-order chi connectivity index (χ1) is 6.91. The second-order valence-electron chi connectivity index (χ2n) is 3.96. The van der Waals surface area contributed by atoms with E-state index in [1.165, 1.54) is 0 Å². The summed E-state index contributed by atoms with van der Waals surface area (Å²) in [5.74, 6) is -0.842. The van der Waals surface area contributed by atoms with E-state index in [9.17, 15) is 4.79 Å². The third-order valence-electron chi connectivity index (χ3n) is 2.62. The third-order valence-corrected chi connectivity index (χ3v) is 2.95. The van der Waals surface area contributed by atoms with E-state index in [-0.39, 0.29) is 12.3 Å². The molecule has 0 saturated heterocycles. The van der Waals surface area contributed by atoms with Crippen LogP contribution >= 0.6 is 11.6 Å². The summed E-state index contributed by atoms with van der Waals surface area (Å²) in [5, 5.41) is 9.38. The smallest absolute Gasteiger partial charge is 0.303 e. The standard InChI is InChI=1S/C12H15ClO2/c1-7-4-10(9(3)6-12(14)15)11(13)5-8(7)2/h4-5,9H,6H2,1-3H3,(H,14,15). The van der Waals surface area contributed by atoms with Crippen molar-refractivity contribution < 1.29 is 9.90 Å². The highest BCUT2D eigenvalue weighted by Gasteiger charge is 2.14. The van der Waals surface area contributed by atoms with Crippen molar-refractivity contribution in [2.45, 2.75) is 33.1 Å². The molecule has 3 heteroatoms. The Labute approximate surface area is 94.9 Å². The molecule has 1 N–H and O–H groups in total. The summed E-state index contributed by atoms with van der Waals surface area (Å²) < 4.78 is 0. The Kier molecular flexibility index (Phi) is 3.75. The van der Waals surface area contributed by atoms with E-state index in [0.29, 0.717) is 5.02 Å². The van der Waals surface area contributed by atoms with Crippen molar-refractivity contribution >= 4 is 17.6 Å². The molecule has 0 aliphatic carbocycles. The molecule has 0 aliphatic heterocycles. The Morgan fingerprint density at radius 1 is 1.40 bits per heavy atom. The Morgan fingerprint density at radius 3 is 2.47 bits per heavy atom. The van der Waals surface area contributed by atoms with Gasteiger partial charge in [0.15, 0.2) is 0 Å². The number of hydrogen-bond donors (Lipinski definition) is 1. The molecule has 0 aliphatic rings. The highest BCUT2D eigenvalue weighted by atomic mass is 35.5. The Hall–Kier alpha value is -1.02. The van der Waals surface area contributed by atoms with Crippen LogP contribution in [0.5, 0.6) is 0 Å². The topological polar surface area (TPSA) is 37.3 Å². The van der Waals surface area contributed by atoms with E-state index in [4.69, 9.17) is 16.7 Å². The number of benzene rings is 1. The lowest BCUT2D eigenvalue weighted by Gasteiger charge is -2.13. The van der Waals surface area contributed by atoms with Crippen LogP contribution in [0.25, 0.3) is 0 Å². The minimum atomic E-state index is -0.795. The van der Waals surface area contributed by atoms with Crippen molar-refractivity contribution in [3.8, 4) is 0 Å². The van der Waals surface area contributed by atoms with Crippen LogP contribution in [-0.4, -0.2) is 11.1 Å². The highest BCUT2D eigenvalue weighted by molar-refractivity contribution is 6.31. The van der Waals surface area contributed by atoms with Crippen molar-refractivity contribution in [2.75, 3.05) is 0 Å². The number of aliphatic carboxylic acids is 1. The van der Waals surface area contributed by atoms with Crippen LogP contribution in [0.3, 0.4) is 0 Å². The zero-order valence-electron chi connectivity index (χ0n) is 9.17. The van der Waals surface area contributed by atoms with Crippen molar-refractivity contribution in [1.82, 2.24) is 0 Å². The van der Waals surface area contributed by atoms with E-state index in [1.807, 2.05) is 32.9 Å². The van der Waals surface area contributed by atoms with Gasteiger partial charge in [-0.3, -0.25) is 4.79 Å². The van der Waals surface area contributed by atoms with Crippen molar-refractivity contribution in [2.24, 2.45) is 0 Å². The molecule has 0 aromatic heterocycles. The predicted molar refractivity (Wildman–Crippen MR) is 61.6 cm³/mol. The molecule has 1 atom stereocenters. The van der Waals surface area contributed by atoms with E-state index in [1.54, 1.807) is 0 Å². The van der Waals surface area contributed by atoms with Crippen LogP contribution in [0.1, 0.15) is 36.0 Å². The van der Waals surface area contributed by atoms with Gasteiger partial charge in [-0.15, -0.1) is 0 Å². The van der Waals surface area contributed by atoms with Crippen LogP contribution in [0.15, 0.2) is 12.1 Å². The molecule has 1 aromatic rings. The van der Waals surface area contributed by atoms with E-state index in [0.717, 1.165) is 16.7 Å². The second kappa shape index (κ2) is 4.67. The number of carboxylic acids is 1. The second-order valence-corrected chi connectivity index (χ2v) is 4.36. The normalized spacial score (nSPS) is 12.5. The maximum atomic E-state index is 10.6. The first-order valence-corrected chi connectivity index (χ1v) is 5.28. The number of halogens is 1. The van der Waals surface area contributed by atoms with Gasteiger partial charge < -0.3 is 5.11 Å². The zero-order chi connectivity index (χ0) is 11.6. The molecule has 0 bridgehead atoms. The van der Waals surface area contributed by atoms with Gasteiger partial charge in [-0.2, -0.15) is 0 Å². The fourth-order valence-corrected chi connectivity index (χ4v) is 1.96. The van der Waals surface area contributed by atoms with Gasteiger partial charge in [-0.1, -0.05) is 24.6 Å². The van der Waals surface area contributed by atoms with Gasteiger partial charge in [0.05, 0.1) is 6.42 Å². The molecule has 0 fully saturated rings. The third kappa shape index (κ3) is 2.96. The van der Waals surface area contributed by atoms with Gasteiger partial charge in [0, 0.05) is 5.02 Å². The molecule has 1 rings (SSSR count). The molecule has 0 saturated carbocycles. The summed E-state index contributed by atoms with van der Waals surface area (Å²) in [7, 11) is 0. The molecule has 0 radical (unpaired) electrons.